The first-order valence-electron chi connectivity index (χ1n) is 7.15. The van der Waals surface area contributed by atoms with Gasteiger partial charge in [0, 0.05) is 0 Å². The smallest absolute Gasteiger partial charge is 0.0749 e. The van der Waals surface area contributed by atoms with Crippen LogP contribution in [0.15, 0.2) is 36.4 Å². The van der Waals surface area contributed by atoms with Crippen LogP contribution in [0.5, 0.6) is 0 Å². The highest BCUT2D eigenvalue weighted by atomic mass is 16.3. The van der Waals surface area contributed by atoms with E-state index >= 15 is 0 Å². The average molecular weight is 246 g/mol. The summed E-state index contributed by atoms with van der Waals surface area (Å²) in [6.45, 7) is 4.35. The molecule has 0 fully saturated rings. The van der Waals surface area contributed by atoms with Gasteiger partial charge < -0.3 is 5.11 Å². The Morgan fingerprint density at radius 1 is 1.11 bits per heavy atom. The summed E-state index contributed by atoms with van der Waals surface area (Å²) in [5.41, 5.74) is 1.15. The molecule has 0 amide bonds. The monoisotopic (exact) mass is 246 g/mol. The molecule has 1 aromatic carbocycles. The van der Waals surface area contributed by atoms with Crippen molar-refractivity contribution < 1.29 is 5.11 Å². The van der Waals surface area contributed by atoms with Gasteiger partial charge in [0.25, 0.3) is 0 Å². The van der Waals surface area contributed by atoms with E-state index in [1.165, 1.54) is 25.7 Å². The van der Waals surface area contributed by atoms with Gasteiger partial charge in [-0.15, -0.1) is 0 Å². The van der Waals surface area contributed by atoms with Crippen LogP contribution in [0.2, 0.25) is 0 Å². The highest BCUT2D eigenvalue weighted by Gasteiger charge is 2.10. The van der Waals surface area contributed by atoms with Crippen LogP contribution >= 0.6 is 0 Å². The second kappa shape index (κ2) is 8.93. The van der Waals surface area contributed by atoms with E-state index in [4.69, 9.17) is 0 Å². The Morgan fingerprint density at radius 2 is 1.83 bits per heavy atom. The molecule has 1 aromatic rings. The molecule has 1 N–H and O–H groups in total. The number of hydrogen-bond donors (Lipinski definition) is 1. The summed E-state index contributed by atoms with van der Waals surface area (Å²) >= 11 is 0. The van der Waals surface area contributed by atoms with Crippen LogP contribution in [0.4, 0.5) is 0 Å². The van der Waals surface area contributed by atoms with Crippen molar-refractivity contribution in [2.24, 2.45) is 5.92 Å². The van der Waals surface area contributed by atoms with Crippen molar-refractivity contribution in [1.82, 2.24) is 0 Å². The van der Waals surface area contributed by atoms with Crippen LogP contribution in [-0.4, -0.2) is 11.2 Å². The summed E-state index contributed by atoms with van der Waals surface area (Å²) in [5.74, 6) is 0.349. The van der Waals surface area contributed by atoms with Crippen LogP contribution in [0, 0.1) is 5.92 Å². The fourth-order valence-corrected chi connectivity index (χ4v) is 2.03. The minimum atomic E-state index is -0.327. The van der Waals surface area contributed by atoms with Crippen LogP contribution in [0.25, 0.3) is 6.08 Å². The molecule has 2 atom stereocenters. The maximum Gasteiger partial charge on any atom is 0.0749 e. The topological polar surface area (TPSA) is 20.2 Å². The molecule has 1 rings (SSSR count). The van der Waals surface area contributed by atoms with Gasteiger partial charge in [0.2, 0.25) is 0 Å². The third kappa shape index (κ3) is 6.02. The van der Waals surface area contributed by atoms with E-state index in [0.717, 1.165) is 12.0 Å². The van der Waals surface area contributed by atoms with Crippen molar-refractivity contribution in [3.05, 3.63) is 42.0 Å². The summed E-state index contributed by atoms with van der Waals surface area (Å²) in [7, 11) is 0. The quantitative estimate of drug-likeness (QED) is 0.661. The third-order valence-electron chi connectivity index (χ3n) is 3.38. The van der Waals surface area contributed by atoms with Crippen molar-refractivity contribution in [3.63, 3.8) is 0 Å². The van der Waals surface area contributed by atoms with Gasteiger partial charge in [-0.05, 0) is 17.9 Å². The van der Waals surface area contributed by atoms with E-state index in [1.54, 1.807) is 0 Å². The lowest BCUT2D eigenvalue weighted by molar-refractivity contribution is 0.155. The fourth-order valence-electron chi connectivity index (χ4n) is 2.03. The Morgan fingerprint density at radius 3 is 2.50 bits per heavy atom. The Bertz CT molecular complexity index is 329. The molecule has 0 bridgehead atoms. The zero-order chi connectivity index (χ0) is 13.2. The molecule has 0 radical (unpaired) electrons. The molecule has 0 saturated heterocycles. The van der Waals surface area contributed by atoms with Crippen LogP contribution < -0.4 is 0 Å². The highest BCUT2D eigenvalue weighted by Crippen LogP contribution is 2.16. The lowest BCUT2D eigenvalue weighted by atomic mass is 9.96. The van der Waals surface area contributed by atoms with Gasteiger partial charge >= 0.3 is 0 Å². The van der Waals surface area contributed by atoms with E-state index in [9.17, 15) is 5.11 Å². The second-order valence-electron chi connectivity index (χ2n) is 5.09. The number of unbranched alkanes of at least 4 members (excludes halogenated alkanes) is 3. The molecule has 0 aliphatic carbocycles. The number of aliphatic hydroxyl groups excluding tert-OH is 1. The molecule has 0 aromatic heterocycles. The Kier molecular flexibility index (Phi) is 7.43. The molecule has 0 spiro atoms. The molecular weight excluding hydrogens is 220 g/mol. The van der Waals surface area contributed by atoms with Gasteiger partial charge in [-0.1, -0.05) is 82.0 Å². The minimum Gasteiger partial charge on any atom is -0.389 e. The molecule has 0 aliphatic rings. The average Bonchev–Trinajstić information content (AvgIpc) is 2.42. The van der Waals surface area contributed by atoms with Crippen LogP contribution in [0.1, 0.15) is 51.5 Å². The van der Waals surface area contributed by atoms with Gasteiger partial charge in [0.15, 0.2) is 0 Å². The van der Waals surface area contributed by atoms with Crippen molar-refractivity contribution in [2.45, 2.75) is 52.1 Å². The molecule has 1 heteroatoms. The first kappa shape index (κ1) is 15.0. The maximum atomic E-state index is 10.0. The van der Waals surface area contributed by atoms with Gasteiger partial charge in [0.1, 0.15) is 0 Å². The summed E-state index contributed by atoms with van der Waals surface area (Å²) in [5, 5.41) is 10.0. The van der Waals surface area contributed by atoms with Gasteiger partial charge in [-0.25, -0.2) is 0 Å². The zero-order valence-electron chi connectivity index (χ0n) is 11.7. The van der Waals surface area contributed by atoms with Crippen molar-refractivity contribution >= 4 is 6.08 Å². The number of rotatable bonds is 8. The first-order valence-corrected chi connectivity index (χ1v) is 7.15. The van der Waals surface area contributed by atoms with E-state index in [2.05, 4.69) is 26.0 Å². The normalized spacial score (nSPS) is 14.8. The summed E-state index contributed by atoms with van der Waals surface area (Å²) in [6, 6.07) is 10.1. The predicted octanol–water partition coefficient (Wildman–Crippen LogP) is 4.67. The van der Waals surface area contributed by atoms with Crippen molar-refractivity contribution in [2.75, 3.05) is 0 Å². The lowest BCUT2D eigenvalue weighted by Gasteiger charge is -2.15. The molecule has 2 unspecified atom stereocenters. The number of aliphatic hydroxyl groups is 1. The van der Waals surface area contributed by atoms with Crippen molar-refractivity contribution in [1.29, 1.82) is 0 Å². The SMILES string of the molecule is CCCCCCC(C)C(O)/C=C/c1ccccc1. The number of benzene rings is 1. The summed E-state index contributed by atoms with van der Waals surface area (Å²) < 4.78 is 0. The Labute approximate surface area is 112 Å². The van der Waals surface area contributed by atoms with Crippen LogP contribution in [0.3, 0.4) is 0 Å². The maximum absolute atomic E-state index is 10.0. The minimum absolute atomic E-state index is 0.327. The molecule has 18 heavy (non-hydrogen) atoms. The van der Waals surface area contributed by atoms with Crippen molar-refractivity contribution in [3.8, 4) is 0 Å². The fraction of sp³-hybridized carbons (Fsp3) is 0.529. The van der Waals surface area contributed by atoms with Gasteiger partial charge in [-0.3, -0.25) is 0 Å². The molecule has 0 aliphatic heterocycles. The molecule has 0 heterocycles. The second-order valence-corrected chi connectivity index (χ2v) is 5.09. The van der Waals surface area contributed by atoms with E-state index in [1.807, 2.05) is 30.4 Å². The molecule has 100 valence electrons. The predicted molar refractivity (Wildman–Crippen MR) is 79.4 cm³/mol. The van der Waals surface area contributed by atoms with Gasteiger partial charge in [0.05, 0.1) is 6.10 Å². The van der Waals surface area contributed by atoms with Gasteiger partial charge in [-0.2, -0.15) is 0 Å². The standard InChI is InChI=1S/C17H26O/c1-3-4-5-7-10-15(2)17(18)14-13-16-11-8-6-9-12-16/h6,8-9,11-15,17-18H,3-5,7,10H2,1-2H3/b14-13+. The number of hydrogen-bond acceptors (Lipinski definition) is 1. The van der Waals surface area contributed by atoms with E-state index in [-0.39, 0.29) is 6.10 Å². The first-order chi connectivity index (χ1) is 8.74. The summed E-state index contributed by atoms with van der Waals surface area (Å²) in [6.07, 6.45) is 9.80. The Hall–Kier alpha value is -1.08. The third-order valence-corrected chi connectivity index (χ3v) is 3.38. The molecular formula is C17H26O. The van der Waals surface area contributed by atoms with E-state index < -0.39 is 0 Å². The lowest BCUT2D eigenvalue weighted by Crippen LogP contribution is -2.14. The zero-order valence-corrected chi connectivity index (χ0v) is 11.7. The molecule has 1 nitrogen and oxygen atoms in total. The summed E-state index contributed by atoms with van der Waals surface area (Å²) in [4.78, 5) is 0. The van der Waals surface area contributed by atoms with E-state index in [0.29, 0.717) is 5.92 Å². The largest absolute Gasteiger partial charge is 0.389 e. The Balaban J connectivity index is 2.31. The van der Waals surface area contributed by atoms with Crippen LogP contribution in [-0.2, 0) is 0 Å². The highest BCUT2D eigenvalue weighted by molar-refractivity contribution is 5.49. The molecule has 0 saturated carbocycles.